The van der Waals surface area contributed by atoms with Gasteiger partial charge in [-0.05, 0) is 32.7 Å². The largest absolute Gasteiger partial charge is 0.450 e. The summed E-state index contributed by atoms with van der Waals surface area (Å²) in [5.74, 6) is 0. The smallest absolute Gasteiger partial charge is 0.407 e. The molecule has 0 aromatic rings. The SMILES string of the molecule is CCOC(=O)NC1CCN2CCCC12. The number of alkyl carbamates (subject to hydrolysis) is 1. The summed E-state index contributed by atoms with van der Waals surface area (Å²) in [7, 11) is 0. The van der Waals surface area contributed by atoms with Crippen LogP contribution in [0.25, 0.3) is 0 Å². The summed E-state index contributed by atoms with van der Waals surface area (Å²) >= 11 is 0. The van der Waals surface area contributed by atoms with Crippen LogP contribution in [-0.2, 0) is 4.74 Å². The molecule has 0 spiro atoms. The zero-order valence-electron chi connectivity index (χ0n) is 8.66. The third kappa shape index (κ3) is 1.85. The van der Waals surface area contributed by atoms with Crippen molar-refractivity contribution in [2.45, 2.75) is 38.3 Å². The predicted molar refractivity (Wildman–Crippen MR) is 53.2 cm³/mol. The van der Waals surface area contributed by atoms with Crippen LogP contribution in [0.2, 0.25) is 0 Å². The lowest BCUT2D eigenvalue weighted by Gasteiger charge is -2.20. The van der Waals surface area contributed by atoms with Crippen molar-refractivity contribution in [3.05, 3.63) is 0 Å². The Kier molecular flexibility index (Phi) is 2.91. The third-order valence-corrected chi connectivity index (χ3v) is 3.18. The van der Waals surface area contributed by atoms with E-state index in [1.54, 1.807) is 0 Å². The normalized spacial score (nSPS) is 31.5. The van der Waals surface area contributed by atoms with Gasteiger partial charge in [0.1, 0.15) is 0 Å². The van der Waals surface area contributed by atoms with Crippen LogP contribution in [0.1, 0.15) is 26.2 Å². The van der Waals surface area contributed by atoms with Crippen molar-refractivity contribution >= 4 is 6.09 Å². The molecule has 2 fully saturated rings. The average molecular weight is 198 g/mol. The Balaban J connectivity index is 1.83. The van der Waals surface area contributed by atoms with Gasteiger partial charge < -0.3 is 10.1 Å². The lowest BCUT2D eigenvalue weighted by atomic mass is 10.1. The van der Waals surface area contributed by atoms with Gasteiger partial charge >= 0.3 is 6.09 Å². The fourth-order valence-electron chi connectivity index (χ4n) is 2.57. The van der Waals surface area contributed by atoms with E-state index >= 15 is 0 Å². The lowest BCUT2D eigenvalue weighted by molar-refractivity contribution is 0.145. The van der Waals surface area contributed by atoms with Crippen LogP contribution in [0.5, 0.6) is 0 Å². The first-order valence-corrected chi connectivity index (χ1v) is 5.48. The van der Waals surface area contributed by atoms with E-state index in [2.05, 4.69) is 10.2 Å². The van der Waals surface area contributed by atoms with Gasteiger partial charge in [-0.3, -0.25) is 4.90 Å². The van der Waals surface area contributed by atoms with Gasteiger partial charge in [-0.15, -0.1) is 0 Å². The summed E-state index contributed by atoms with van der Waals surface area (Å²) in [5.41, 5.74) is 0. The number of nitrogens with one attached hydrogen (secondary N) is 1. The molecule has 4 heteroatoms. The standard InChI is InChI=1S/C10H18N2O2/c1-2-14-10(13)11-8-5-7-12-6-3-4-9(8)12/h8-9H,2-7H2,1H3,(H,11,13). The fourth-order valence-corrected chi connectivity index (χ4v) is 2.57. The molecule has 4 nitrogen and oxygen atoms in total. The summed E-state index contributed by atoms with van der Waals surface area (Å²) in [6.45, 7) is 4.61. The van der Waals surface area contributed by atoms with Crippen LogP contribution < -0.4 is 5.32 Å². The molecule has 0 saturated carbocycles. The number of nitrogens with zero attached hydrogens (tertiary/aromatic N) is 1. The average Bonchev–Trinajstić information content (AvgIpc) is 2.70. The maximum Gasteiger partial charge on any atom is 0.407 e. The van der Waals surface area contributed by atoms with Gasteiger partial charge in [0, 0.05) is 18.6 Å². The van der Waals surface area contributed by atoms with Gasteiger partial charge in [0.15, 0.2) is 0 Å². The van der Waals surface area contributed by atoms with E-state index in [9.17, 15) is 4.79 Å². The number of rotatable bonds is 2. The number of amides is 1. The van der Waals surface area contributed by atoms with Crippen LogP contribution in [0.4, 0.5) is 4.79 Å². The highest BCUT2D eigenvalue weighted by molar-refractivity contribution is 5.67. The maximum atomic E-state index is 11.2. The molecule has 2 unspecified atom stereocenters. The Bertz CT molecular complexity index is 220. The molecule has 1 amide bonds. The van der Waals surface area contributed by atoms with Gasteiger partial charge in [-0.2, -0.15) is 0 Å². The molecular formula is C10H18N2O2. The van der Waals surface area contributed by atoms with E-state index in [1.165, 1.54) is 19.4 Å². The summed E-state index contributed by atoms with van der Waals surface area (Å²) in [6.07, 6.45) is 3.30. The molecule has 2 aliphatic rings. The van der Waals surface area contributed by atoms with E-state index in [1.807, 2.05) is 6.92 Å². The molecule has 2 atom stereocenters. The molecule has 80 valence electrons. The van der Waals surface area contributed by atoms with Gasteiger partial charge in [0.05, 0.1) is 6.61 Å². The Hall–Kier alpha value is -0.770. The molecule has 0 aliphatic carbocycles. The molecule has 0 aromatic heterocycles. The Morgan fingerprint density at radius 2 is 2.36 bits per heavy atom. The third-order valence-electron chi connectivity index (χ3n) is 3.18. The van der Waals surface area contributed by atoms with Crippen LogP contribution in [-0.4, -0.2) is 42.8 Å². The molecule has 14 heavy (non-hydrogen) atoms. The molecular weight excluding hydrogens is 180 g/mol. The molecule has 2 saturated heterocycles. The Labute approximate surface area is 84.6 Å². The summed E-state index contributed by atoms with van der Waals surface area (Å²) in [4.78, 5) is 13.7. The molecule has 0 bridgehead atoms. The van der Waals surface area contributed by atoms with E-state index in [0.29, 0.717) is 18.7 Å². The highest BCUT2D eigenvalue weighted by atomic mass is 16.5. The van der Waals surface area contributed by atoms with Crippen LogP contribution in [0.15, 0.2) is 0 Å². The van der Waals surface area contributed by atoms with Gasteiger partial charge in [-0.25, -0.2) is 4.79 Å². The summed E-state index contributed by atoms with van der Waals surface area (Å²) in [5, 5.41) is 2.95. The van der Waals surface area contributed by atoms with Crippen molar-refractivity contribution in [1.29, 1.82) is 0 Å². The summed E-state index contributed by atoms with van der Waals surface area (Å²) in [6, 6.07) is 0.885. The minimum Gasteiger partial charge on any atom is -0.450 e. The molecule has 0 aromatic carbocycles. The quantitative estimate of drug-likeness (QED) is 0.719. The zero-order valence-corrected chi connectivity index (χ0v) is 8.66. The van der Waals surface area contributed by atoms with Crippen molar-refractivity contribution < 1.29 is 9.53 Å². The van der Waals surface area contributed by atoms with Crippen molar-refractivity contribution in [1.82, 2.24) is 10.2 Å². The molecule has 1 N–H and O–H groups in total. The monoisotopic (exact) mass is 198 g/mol. The van der Waals surface area contributed by atoms with Crippen LogP contribution in [0.3, 0.4) is 0 Å². The van der Waals surface area contributed by atoms with Crippen LogP contribution >= 0.6 is 0 Å². The number of carbonyl (C=O) groups excluding carboxylic acids is 1. The van der Waals surface area contributed by atoms with E-state index in [0.717, 1.165) is 13.0 Å². The predicted octanol–water partition coefficient (Wildman–Crippen LogP) is 0.969. The van der Waals surface area contributed by atoms with Gasteiger partial charge in [0.25, 0.3) is 0 Å². The fraction of sp³-hybridized carbons (Fsp3) is 0.900. The van der Waals surface area contributed by atoms with Crippen molar-refractivity contribution in [2.24, 2.45) is 0 Å². The minimum absolute atomic E-state index is 0.258. The molecule has 2 rings (SSSR count). The number of ether oxygens (including phenoxy) is 1. The van der Waals surface area contributed by atoms with Gasteiger partial charge in [-0.1, -0.05) is 0 Å². The van der Waals surface area contributed by atoms with E-state index < -0.39 is 0 Å². The number of carbonyl (C=O) groups is 1. The number of fused-ring (bicyclic) bond motifs is 1. The molecule has 0 radical (unpaired) electrons. The molecule has 2 heterocycles. The van der Waals surface area contributed by atoms with Gasteiger partial charge in [0.2, 0.25) is 0 Å². The van der Waals surface area contributed by atoms with Crippen molar-refractivity contribution in [2.75, 3.05) is 19.7 Å². The first-order chi connectivity index (χ1) is 6.81. The van der Waals surface area contributed by atoms with E-state index in [4.69, 9.17) is 4.74 Å². The molecule has 2 aliphatic heterocycles. The maximum absolute atomic E-state index is 11.2. The topological polar surface area (TPSA) is 41.6 Å². The van der Waals surface area contributed by atoms with Crippen LogP contribution in [0, 0.1) is 0 Å². The Morgan fingerprint density at radius 3 is 3.14 bits per heavy atom. The lowest BCUT2D eigenvalue weighted by Crippen LogP contribution is -2.42. The first kappa shape index (κ1) is 9.77. The number of hydrogen-bond donors (Lipinski definition) is 1. The minimum atomic E-state index is -0.258. The Morgan fingerprint density at radius 1 is 1.50 bits per heavy atom. The van der Waals surface area contributed by atoms with Crippen molar-refractivity contribution in [3.8, 4) is 0 Å². The number of hydrogen-bond acceptors (Lipinski definition) is 3. The second kappa shape index (κ2) is 4.17. The second-order valence-corrected chi connectivity index (χ2v) is 4.01. The summed E-state index contributed by atoms with van der Waals surface area (Å²) < 4.78 is 4.88. The highest BCUT2D eigenvalue weighted by Crippen LogP contribution is 2.27. The zero-order chi connectivity index (χ0) is 9.97. The van der Waals surface area contributed by atoms with E-state index in [-0.39, 0.29) is 6.09 Å². The van der Waals surface area contributed by atoms with Crippen molar-refractivity contribution in [3.63, 3.8) is 0 Å². The second-order valence-electron chi connectivity index (χ2n) is 4.01. The first-order valence-electron chi connectivity index (χ1n) is 5.48. The highest BCUT2D eigenvalue weighted by Gasteiger charge is 2.37.